The fourth-order valence-electron chi connectivity index (χ4n) is 2.18. The number of benzene rings is 1. The zero-order chi connectivity index (χ0) is 11.7. The molecule has 0 unspecified atom stereocenters. The molecule has 1 aromatic carbocycles. The van der Waals surface area contributed by atoms with Gasteiger partial charge in [0.25, 0.3) is 0 Å². The number of ether oxygens (including phenoxy) is 1. The molecule has 0 amide bonds. The molecular weight excluding hydrogens is 214 g/mol. The van der Waals surface area contributed by atoms with Crippen LogP contribution in [0.2, 0.25) is 0 Å². The first-order valence-corrected chi connectivity index (χ1v) is 5.91. The normalized spacial score (nSPS) is 17.9. The topological polar surface area (TPSA) is 63.1 Å². The van der Waals surface area contributed by atoms with Gasteiger partial charge < -0.3 is 20.8 Å². The van der Waals surface area contributed by atoms with Crippen molar-refractivity contribution in [1.82, 2.24) is 4.98 Å². The van der Waals surface area contributed by atoms with Crippen LogP contribution in [0.4, 0.5) is 5.69 Å². The number of aromatic nitrogens is 1. The molecule has 17 heavy (non-hydrogen) atoms. The van der Waals surface area contributed by atoms with Crippen molar-refractivity contribution >= 4 is 16.6 Å². The van der Waals surface area contributed by atoms with Gasteiger partial charge in [0.2, 0.25) is 0 Å². The van der Waals surface area contributed by atoms with Gasteiger partial charge in [-0.2, -0.15) is 0 Å². The maximum Gasteiger partial charge on any atom is 0.0598 e. The van der Waals surface area contributed by atoms with Crippen molar-refractivity contribution in [3.63, 3.8) is 0 Å². The van der Waals surface area contributed by atoms with E-state index < -0.39 is 0 Å². The number of hydrogen-bond acceptors (Lipinski definition) is 3. The van der Waals surface area contributed by atoms with Crippen molar-refractivity contribution in [1.29, 1.82) is 0 Å². The van der Waals surface area contributed by atoms with Crippen LogP contribution >= 0.6 is 0 Å². The van der Waals surface area contributed by atoms with Crippen molar-refractivity contribution in [2.24, 2.45) is 11.1 Å². The van der Waals surface area contributed by atoms with Crippen LogP contribution in [-0.4, -0.2) is 31.3 Å². The number of rotatable bonds is 4. The Labute approximate surface area is 100 Å². The van der Waals surface area contributed by atoms with Gasteiger partial charge in [-0.25, -0.2) is 0 Å². The number of fused-ring (bicyclic) bond motifs is 1. The summed E-state index contributed by atoms with van der Waals surface area (Å²) in [5, 5.41) is 4.69. The van der Waals surface area contributed by atoms with E-state index in [0.717, 1.165) is 31.0 Å². The Hall–Kier alpha value is -1.52. The van der Waals surface area contributed by atoms with E-state index in [1.165, 1.54) is 5.39 Å². The highest BCUT2D eigenvalue weighted by Gasteiger charge is 2.37. The van der Waals surface area contributed by atoms with Crippen LogP contribution in [0.15, 0.2) is 30.5 Å². The van der Waals surface area contributed by atoms with Gasteiger partial charge in [-0.3, -0.25) is 0 Å². The minimum Gasteiger partial charge on any atom is -0.383 e. The Kier molecular flexibility index (Phi) is 2.53. The second-order valence-electron chi connectivity index (χ2n) is 4.80. The maximum atomic E-state index is 5.79. The van der Waals surface area contributed by atoms with Crippen LogP contribution in [0.1, 0.15) is 0 Å². The van der Waals surface area contributed by atoms with E-state index in [9.17, 15) is 0 Å². The molecule has 0 spiro atoms. The van der Waals surface area contributed by atoms with Crippen LogP contribution < -0.4 is 11.1 Å². The van der Waals surface area contributed by atoms with E-state index in [0.29, 0.717) is 6.54 Å². The summed E-state index contributed by atoms with van der Waals surface area (Å²) >= 11 is 0. The van der Waals surface area contributed by atoms with Crippen molar-refractivity contribution in [3.05, 3.63) is 30.5 Å². The zero-order valence-corrected chi connectivity index (χ0v) is 9.70. The molecule has 3 rings (SSSR count). The summed E-state index contributed by atoms with van der Waals surface area (Å²) in [6, 6.07) is 8.27. The van der Waals surface area contributed by atoms with Gasteiger partial charge in [0, 0.05) is 35.6 Å². The molecule has 1 aromatic heterocycles. The average molecular weight is 231 g/mol. The monoisotopic (exact) mass is 231 g/mol. The molecule has 4 nitrogen and oxygen atoms in total. The third kappa shape index (κ3) is 1.79. The summed E-state index contributed by atoms with van der Waals surface area (Å²) in [6.07, 6.45) is 2.01. The molecular formula is C13H17N3O. The predicted molar refractivity (Wildman–Crippen MR) is 69.1 cm³/mol. The van der Waals surface area contributed by atoms with Gasteiger partial charge in [-0.1, -0.05) is 18.2 Å². The smallest absolute Gasteiger partial charge is 0.0598 e. The number of para-hydroxylation sites is 1. The molecule has 2 aromatic rings. The molecule has 1 saturated heterocycles. The van der Waals surface area contributed by atoms with Gasteiger partial charge in [0.15, 0.2) is 0 Å². The highest BCUT2D eigenvalue weighted by atomic mass is 16.5. The number of nitrogens with one attached hydrogen (secondary N) is 2. The lowest BCUT2D eigenvalue weighted by atomic mass is 9.86. The van der Waals surface area contributed by atoms with E-state index >= 15 is 0 Å². The van der Waals surface area contributed by atoms with Gasteiger partial charge in [0.05, 0.1) is 18.9 Å². The molecule has 4 heteroatoms. The summed E-state index contributed by atoms with van der Waals surface area (Å²) in [4.78, 5) is 3.25. The number of hydrogen-bond donors (Lipinski definition) is 3. The molecule has 90 valence electrons. The second-order valence-corrected chi connectivity index (χ2v) is 4.80. The zero-order valence-electron chi connectivity index (χ0n) is 9.70. The Morgan fingerprint density at radius 3 is 2.88 bits per heavy atom. The van der Waals surface area contributed by atoms with Crippen LogP contribution in [0.5, 0.6) is 0 Å². The van der Waals surface area contributed by atoms with E-state index in [1.807, 2.05) is 18.3 Å². The van der Waals surface area contributed by atoms with Crippen molar-refractivity contribution in [3.8, 4) is 0 Å². The van der Waals surface area contributed by atoms with E-state index in [1.54, 1.807) is 0 Å². The van der Waals surface area contributed by atoms with Crippen LogP contribution in [0.25, 0.3) is 10.9 Å². The van der Waals surface area contributed by atoms with Crippen molar-refractivity contribution < 1.29 is 4.74 Å². The lowest BCUT2D eigenvalue weighted by Gasteiger charge is -2.40. The molecule has 2 heterocycles. The molecule has 4 N–H and O–H groups in total. The van der Waals surface area contributed by atoms with Crippen LogP contribution in [-0.2, 0) is 4.74 Å². The van der Waals surface area contributed by atoms with Gasteiger partial charge in [0.1, 0.15) is 0 Å². The molecule has 0 atom stereocenters. The largest absolute Gasteiger partial charge is 0.383 e. The number of anilines is 1. The molecule has 1 aliphatic rings. The number of nitrogens with two attached hydrogens (primary N) is 1. The summed E-state index contributed by atoms with van der Waals surface area (Å²) in [5.74, 6) is 0. The molecule has 0 aliphatic carbocycles. The maximum absolute atomic E-state index is 5.79. The van der Waals surface area contributed by atoms with Gasteiger partial charge in [-0.15, -0.1) is 0 Å². The van der Waals surface area contributed by atoms with Crippen molar-refractivity contribution in [2.45, 2.75) is 0 Å². The molecule has 0 saturated carbocycles. The standard InChI is InChI=1S/C13H17N3O/c14-6-13(8-17-9-13)7-16-12-5-15-11-4-2-1-3-10(11)12/h1-5,15-16H,6-9,14H2. The summed E-state index contributed by atoms with van der Waals surface area (Å²) < 4.78 is 5.26. The number of H-pyrrole nitrogens is 1. The lowest BCUT2D eigenvalue weighted by molar-refractivity contribution is -0.0979. The Bertz CT molecular complexity index is 511. The summed E-state index contributed by atoms with van der Waals surface area (Å²) in [6.45, 7) is 3.06. The molecule has 0 radical (unpaired) electrons. The quantitative estimate of drug-likeness (QED) is 0.748. The third-order valence-corrected chi connectivity index (χ3v) is 3.49. The van der Waals surface area contributed by atoms with E-state index in [-0.39, 0.29) is 5.41 Å². The minimum atomic E-state index is 0.123. The second kappa shape index (κ2) is 4.05. The average Bonchev–Trinajstić information content (AvgIpc) is 2.72. The van der Waals surface area contributed by atoms with Gasteiger partial charge in [-0.05, 0) is 6.07 Å². The van der Waals surface area contributed by atoms with Crippen LogP contribution in [0, 0.1) is 5.41 Å². The van der Waals surface area contributed by atoms with E-state index in [4.69, 9.17) is 10.5 Å². The fourth-order valence-corrected chi connectivity index (χ4v) is 2.18. The number of aromatic amines is 1. The predicted octanol–water partition coefficient (Wildman–Crippen LogP) is 1.56. The minimum absolute atomic E-state index is 0.123. The first-order chi connectivity index (χ1) is 8.33. The third-order valence-electron chi connectivity index (χ3n) is 3.49. The van der Waals surface area contributed by atoms with Crippen LogP contribution in [0.3, 0.4) is 0 Å². The van der Waals surface area contributed by atoms with Crippen molar-refractivity contribution in [2.75, 3.05) is 31.6 Å². The lowest BCUT2D eigenvalue weighted by Crippen LogP contribution is -2.52. The molecule has 1 fully saturated rings. The Balaban J connectivity index is 1.77. The SMILES string of the molecule is NCC1(CNc2c[nH]c3ccccc23)COC1. The first-order valence-electron chi connectivity index (χ1n) is 5.91. The fraction of sp³-hybridized carbons (Fsp3) is 0.385. The Morgan fingerprint density at radius 1 is 1.35 bits per heavy atom. The summed E-state index contributed by atoms with van der Waals surface area (Å²) in [7, 11) is 0. The molecule has 1 aliphatic heterocycles. The highest BCUT2D eigenvalue weighted by molar-refractivity contribution is 5.92. The van der Waals surface area contributed by atoms with E-state index in [2.05, 4.69) is 22.4 Å². The highest BCUT2D eigenvalue weighted by Crippen LogP contribution is 2.28. The molecule has 0 bridgehead atoms. The summed E-state index contributed by atoms with van der Waals surface area (Å²) in [5.41, 5.74) is 8.21. The van der Waals surface area contributed by atoms with Gasteiger partial charge >= 0.3 is 0 Å². The Morgan fingerprint density at radius 2 is 2.18 bits per heavy atom. The first kappa shape index (κ1) is 10.6.